The summed E-state index contributed by atoms with van der Waals surface area (Å²) in [5.41, 5.74) is 1.77. The van der Waals surface area contributed by atoms with Crippen molar-refractivity contribution < 1.29 is 14.3 Å². The van der Waals surface area contributed by atoms with E-state index in [4.69, 9.17) is 21.1 Å². The van der Waals surface area contributed by atoms with Gasteiger partial charge in [-0.2, -0.15) is 5.10 Å². The number of hydrogen-bond donors (Lipinski definition) is 0. The number of nitrogens with zero attached hydrogens (tertiary/aromatic N) is 4. The van der Waals surface area contributed by atoms with Crippen molar-refractivity contribution >= 4 is 28.4 Å². The number of carbonyl (C=O) groups excluding carboxylic acids is 1. The van der Waals surface area contributed by atoms with Gasteiger partial charge >= 0.3 is 0 Å². The number of pyridine rings is 1. The molecule has 2 aromatic heterocycles. The van der Waals surface area contributed by atoms with Gasteiger partial charge in [0.25, 0.3) is 5.91 Å². The Labute approximate surface area is 174 Å². The van der Waals surface area contributed by atoms with Crippen molar-refractivity contribution in [2.45, 2.75) is 32.3 Å². The molecule has 1 aliphatic rings. The topological polar surface area (TPSA) is 69.5 Å². The molecule has 1 fully saturated rings. The quantitative estimate of drug-likeness (QED) is 0.639. The number of aromatic nitrogens is 3. The molecule has 3 aromatic rings. The first-order valence-electron chi connectivity index (χ1n) is 9.45. The minimum atomic E-state index is -0.663. The van der Waals surface area contributed by atoms with Crippen LogP contribution >= 0.6 is 11.6 Å². The highest BCUT2D eigenvalue weighted by Gasteiger charge is 2.35. The SMILES string of the molecule is Cn1cc(Cl)c(CN(C[C@@H]2COC(C)(C)O2)C(=O)c2ccc3ccccc3n2)n1. The maximum absolute atomic E-state index is 13.3. The molecule has 0 saturated carbocycles. The number of amides is 1. The molecule has 29 heavy (non-hydrogen) atoms. The summed E-state index contributed by atoms with van der Waals surface area (Å²) >= 11 is 6.29. The van der Waals surface area contributed by atoms with Crippen molar-refractivity contribution in [3.05, 3.63) is 59.0 Å². The third-order valence-corrected chi connectivity index (χ3v) is 5.11. The smallest absolute Gasteiger partial charge is 0.272 e. The van der Waals surface area contributed by atoms with Crippen LogP contribution in [0, 0.1) is 0 Å². The molecule has 0 spiro atoms. The fourth-order valence-electron chi connectivity index (χ4n) is 3.46. The average Bonchev–Trinajstić information content (AvgIpc) is 3.20. The minimum Gasteiger partial charge on any atom is -0.348 e. The summed E-state index contributed by atoms with van der Waals surface area (Å²) in [6.45, 7) is 4.74. The van der Waals surface area contributed by atoms with Gasteiger partial charge < -0.3 is 14.4 Å². The van der Waals surface area contributed by atoms with Crippen molar-refractivity contribution in [3.63, 3.8) is 0 Å². The molecular formula is C21H23ClN4O3. The lowest BCUT2D eigenvalue weighted by molar-refractivity contribution is -0.139. The number of rotatable bonds is 5. The van der Waals surface area contributed by atoms with Gasteiger partial charge in [-0.05, 0) is 26.0 Å². The fraction of sp³-hybridized carbons (Fsp3) is 0.381. The summed E-state index contributed by atoms with van der Waals surface area (Å²) in [6, 6.07) is 11.4. The van der Waals surface area contributed by atoms with Crippen LogP contribution in [0.15, 0.2) is 42.6 Å². The highest BCUT2D eigenvalue weighted by molar-refractivity contribution is 6.31. The van der Waals surface area contributed by atoms with Crippen molar-refractivity contribution in [1.29, 1.82) is 0 Å². The van der Waals surface area contributed by atoms with Crippen LogP contribution in [-0.2, 0) is 23.1 Å². The van der Waals surface area contributed by atoms with Gasteiger partial charge in [0.1, 0.15) is 17.5 Å². The van der Waals surface area contributed by atoms with Gasteiger partial charge in [-0.25, -0.2) is 4.98 Å². The Hall–Kier alpha value is -2.48. The molecule has 3 heterocycles. The molecule has 1 amide bonds. The van der Waals surface area contributed by atoms with Gasteiger partial charge in [-0.15, -0.1) is 0 Å². The van der Waals surface area contributed by atoms with E-state index in [1.807, 2.05) is 44.2 Å². The van der Waals surface area contributed by atoms with Crippen molar-refractivity contribution in [2.24, 2.45) is 7.05 Å². The monoisotopic (exact) mass is 414 g/mol. The van der Waals surface area contributed by atoms with E-state index in [1.54, 1.807) is 28.9 Å². The van der Waals surface area contributed by atoms with E-state index in [2.05, 4.69) is 10.1 Å². The Morgan fingerprint density at radius 1 is 1.31 bits per heavy atom. The number of fused-ring (bicyclic) bond motifs is 1. The second kappa shape index (κ2) is 7.74. The molecule has 1 aromatic carbocycles. The van der Waals surface area contributed by atoms with Gasteiger partial charge in [0, 0.05) is 18.6 Å². The van der Waals surface area contributed by atoms with E-state index < -0.39 is 5.79 Å². The summed E-state index contributed by atoms with van der Waals surface area (Å²) in [5.74, 6) is -0.866. The zero-order valence-corrected chi connectivity index (χ0v) is 17.4. The molecule has 0 bridgehead atoms. The van der Waals surface area contributed by atoms with Crippen LogP contribution in [0.3, 0.4) is 0 Å². The maximum atomic E-state index is 13.3. The first-order valence-corrected chi connectivity index (χ1v) is 9.83. The molecule has 1 saturated heterocycles. The van der Waals surface area contributed by atoms with E-state index in [0.29, 0.717) is 29.6 Å². The highest BCUT2D eigenvalue weighted by Crippen LogP contribution is 2.25. The number of hydrogen-bond acceptors (Lipinski definition) is 5. The number of para-hydroxylation sites is 1. The van der Waals surface area contributed by atoms with Crippen LogP contribution in [0.4, 0.5) is 0 Å². The third-order valence-electron chi connectivity index (χ3n) is 4.79. The predicted molar refractivity (Wildman–Crippen MR) is 110 cm³/mol. The molecule has 7 nitrogen and oxygen atoms in total. The van der Waals surface area contributed by atoms with Gasteiger partial charge in [0.05, 0.1) is 30.2 Å². The summed E-state index contributed by atoms with van der Waals surface area (Å²) in [4.78, 5) is 19.6. The molecule has 4 rings (SSSR count). The molecule has 0 radical (unpaired) electrons. The van der Waals surface area contributed by atoms with E-state index in [9.17, 15) is 4.79 Å². The van der Waals surface area contributed by atoms with Crippen LogP contribution in [0.2, 0.25) is 5.02 Å². The first kappa shape index (κ1) is 19.8. The fourth-order valence-corrected chi connectivity index (χ4v) is 3.70. The van der Waals surface area contributed by atoms with E-state index >= 15 is 0 Å². The molecular weight excluding hydrogens is 392 g/mol. The Balaban J connectivity index is 1.62. The lowest BCUT2D eigenvalue weighted by Crippen LogP contribution is -2.39. The molecule has 0 N–H and O–H groups in total. The predicted octanol–water partition coefficient (Wildman–Crippen LogP) is 3.42. The zero-order valence-electron chi connectivity index (χ0n) is 16.6. The van der Waals surface area contributed by atoms with Crippen LogP contribution in [0.25, 0.3) is 10.9 Å². The molecule has 1 atom stereocenters. The Bertz CT molecular complexity index is 1050. The van der Waals surface area contributed by atoms with Crippen molar-refractivity contribution in [1.82, 2.24) is 19.7 Å². The molecule has 152 valence electrons. The minimum absolute atomic E-state index is 0.203. The van der Waals surface area contributed by atoms with Crippen molar-refractivity contribution in [2.75, 3.05) is 13.2 Å². The van der Waals surface area contributed by atoms with E-state index in [1.165, 1.54) is 0 Å². The van der Waals surface area contributed by atoms with Gasteiger partial charge in [-0.1, -0.05) is 35.9 Å². The van der Waals surface area contributed by atoms with E-state index in [-0.39, 0.29) is 18.6 Å². The summed E-state index contributed by atoms with van der Waals surface area (Å²) in [7, 11) is 1.79. The Morgan fingerprint density at radius 3 is 2.79 bits per heavy atom. The van der Waals surface area contributed by atoms with Gasteiger partial charge in [-0.3, -0.25) is 9.48 Å². The van der Waals surface area contributed by atoms with Gasteiger partial charge in [0.15, 0.2) is 5.79 Å². The summed E-state index contributed by atoms with van der Waals surface area (Å²) in [5, 5.41) is 5.88. The largest absolute Gasteiger partial charge is 0.348 e. The van der Waals surface area contributed by atoms with Crippen molar-refractivity contribution in [3.8, 4) is 0 Å². The number of ether oxygens (including phenoxy) is 2. The molecule has 8 heteroatoms. The number of carbonyl (C=O) groups is 1. The lowest BCUT2D eigenvalue weighted by atomic mass is 10.2. The lowest BCUT2D eigenvalue weighted by Gasteiger charge is -2.25. The molecule has 0 aliphatic carbocycles. The first-order chi connectivity index (χ1) is 13.8. The number of halogens is 1. The Kier molecular flexibility index (Phi) is 5.29. The standard InChI is InChI=1S/C21H23ClN4O3/c1-21(2)28-13-15(29-21)10-26(12-19-16(22)11-25(3)24-19)20(27)18-9-8-14-6-4-5-7-17(14)23-18/h4-9,11,15H,10,12-13H2,1-3H3/t15-/m1/s1. The van der Waals surface area contributed by atoms with Gasteiger partial charge in [0.2, 0.25) is 0 Å². The van der Waals surface area contributed by atoms with Crippen LogP contribution in [0.5, 0.6) is 0 Å². The number of aryl methyl sites for hydroxylation is 1. The maximum Gasteiger partial charge on any atom is 0.272 e. The number of benzene rings is 1. The zero-order chi connectivity index (χ0) is 20.6. The Morgan fingerprint density at radius 2 is 2.10 bits per heavy atom. The second-order valence-corrected chi connectivity index (χ2v) is 8.03. The molecule has 0 unspecified atom stereocenters. The molecule has 1 aliphatic heterocycles. The van der Waals surface area contributed by atoms with Crippen LogP contribution in [-0.4, -0.2) is 50.6 Å². The van der Waals surface area contributed by atoms with E-state index in [0.717, 1.165) is 10.9 Å². The average molecular weight is 415 g/mol. The van der Waals surface area contributed by atoms with Crippen LogP contribution in [0.1, 0.15) is 30.0 Å². The summed E-state index contributed by atoms with van der Waals surface area (Å²) in [6.07, 6.45) is 1.48. The van der Waals surface area contributed by atoms with Crippen LogP contribution < -0.4 is 0 Å². The second-order valence-electron chi connectivity index (χ2n) is 7.62. The normalized spacial score (nSPS) is 18.3. The highest BCUT2D eigenvalue weighted by atomic mass is 35.5. The third kappa shape index (κ3) is 4.42. The summed E-state index contributed by atoms with van der Waals surface area (Å²) < 4.78 is 13.2.